The SMILES string of the molecule is COc1cc2c(cc1OC(C)C)-c1cc(=O)c3ccccc3n1C2(OC)c1ccccc1. The van der Waals surface area contributed by atoms with Gasteiger partial charge in [0, 0.05) is 35.3 Å². The van der Waals surface area contributed by atoms with Crippen LogP contribution in [-0.2, 0) is 10.5 Å². The molecule has 3 aromatic carbocycles. The normalized spacial score (nSPS) is 16.8. The Morgan fingerprint density at radius 3 is 2.28 bits per heavy atom. The zero-order valence-electron chi connectivity index (χ0n) is 18.6. The molecule has 32 heavy (non-hydrogen) atoms. The lowest BCUT2D eigenvalue weighted by Gasteiger charge is -2.34. The lowest BCUT2D eigenvalue weighted by Crippen LogP contribution is -2.36. The van der Waals surface area contributed by atoms with Gasteiger partial charge in [0.05, 0.1) is 24.4 Å². The summed E-state index contributed by atoms with van der Waals surface area (Å²) in [6.07, 6.45) is -0.0246. The highest BCUT2D eigenvalue weighted by Crippen LogP contribution is 2.52. The van der Waals surface area contributed by atoms with Gasteiger partial charge in [-0.2, -0.15) is 0 Å². The van der Waals surface area contributed by atoms with Gasteiger partial charge in [-0.05, 0) is 38.1 Å². The van der Waals surface area contributed by atoms with E-state index in [1.807, 2.05) is 80.6 Å². The second kappa shape index (κ2) is 7.53. The van der Waals surface area contributed by atoms with E-state index in [0.29, 0.717) is 16.9 Å². The maximum atomic E-state index is 13.1. The molecule has 1 aliphatic heterocycles. The highest BCUT2D eigenvalue weighted by molar-refractivity contribution is 5.87. The molecule has 0 saturated heterocycles. The van der Waals surface area contributed by atoms with Gasteiger partial charge < -0.3 is 18.8 Å². The monoisotopic (exact) mass is 427 g/mol. The summed E-state index contributed by atoms with van der Waals surface area (Å²) in [6.45, 7) is 3.95. The van der Waals surface area contributed by atoms with E-state index in [9.17, 15) is 4.79 Å². The van der Waals surface area contributed by atoms with Crippen molar-refractivity contribution in [3.8, 4) is 22.8 Å². The molecule has 1 aliphatic rings. The van der Waals surface area contributed by atoms with Crippen molar-refractivity contribution in [3.63, 3.8) is 0 Å². The largest absolute Gasteiger partial charge is 0.493 e. The molecule has 1 aromatic heterocycles. The average molecular weight is 428 g/mol. The van der Waals surface area contributed by atoms with Crippen LogP contribution >= 0.6 is 0 Å². The molecule has 0 spiro atoms. The fourth-order valence-corrected chi connectivity index (χ4v) is 4.76. The Morgan fingerprint density at radius 1 is 0.875 bits per heavy atom. The summed E-state index contributed by atoms with van der Waals surface area (Å²) in [6, 6.07) is 23.3. The summed E-state index contributed by atoms with van der Waals surface area (Å²) in [5.74, 6) is 1.25. The molecule has 5 rings (SSSR count). The van der Waals surface area contributed by atoms with E-state index in [4.69, 9.17) is 14.2 Å². The Labute approximate surface area is 186 Å². The molecule has 0 aliphatic carbocycles. The van der Waals surface area contributed by atoms with Crippen molar-refractivity contribution in [1.82, 2.24) is 4.57 Å². The molecule has 2 heterocycles. The van der Waals surface area contributed by atoms with Gasteiger partial charge in [-0.25, -0.2) is 0 Å². The summed E-state index contributed by atoms with van der Waals surface area (Å²) >= 11 is 0. The minimum atomic E-state index is -0.969. The Bertz CT molecular complexity index is 1370. The fraction of sp³-hybridized carbons (Fsp3) is 0.222. The number of aromatic nitrogens is 1. The van der Waals surface area contributed by atoms with Gasteiger partial charge >= 0.3 is 0 Å². The average Bonchev–Trinajstić information content (AvgIpc) is 3.08. The van der Waals surface area contributed by atoms with Gasteiger partial charge in [0.2, 0.25) is 0 Å². The van der Waals surface area contributed by atoms with Gasteiger partial charge in [-0.1, -0.05) is 42.5 Å². The second-order valence-corrected chi connectivity index (χ2v) is 8.18. The molecule has 0 radical (unpaired) electrons. The molecule has 5 heteroatoms. The molecule has 0 bridgehead atoms. The second-order valence-electron chi connectivity index (χ2n) is 8.18. The highest BCUT2D eigenvalue weighted by atomic mass is 16.5. The van der Waals surface area contributed by atoms with E-state index in [-0.39, 0.29) is 11.5 Å². The molecule has 0 fully saturated rings. The highest BCUT2D eigenvalue weighted by Gasteiger charge is 2.46. The Morgan fingerprint density at radius 2 is 1.59 bits per heavy atom. The van der Waals surface area contributed by atoms with Crippen LogP contribution in [0.3, 0.4) is 0 Å². The minimum absolute atomic E-state index is 0.0246. The number of hydrogen-bond acceptors (Lipinski definition) is 4. The van der Waals surface area contributed by atoms with E-state index in [0.717, 1.165) is 27.9 Å². The molecule has 1 unspecified atom stereocenters. The zero-order chi connectivity index (χ0) is 22.5. The van der Waals surface area contributed by atoms with Crippen molar-refractivity contribution in [1.29, 1.82) is 0 Å². The van der Waals surface area contributed by atoms with Crippen molar-refractivity contribution in [2.45, 2.75) is 25.7 Å². The van der Waals surface area contributed by atoms with Crippen molar-refractivity contribution in [3.05, 3.63) is 94.1 Å². The number of para-hydroxylation sites is 1. The number of benzene rings is 3. The van der Waals surface area contributed by atoms with Crippen LogP contribution in [0.25, 0.3) is 22.2 Å². The number of pyridine rings is 1. The third-order valence-electron chi connectivity index (χ3n) is 6.00. The summed E-state index contributed by atoms with van der Waals surface area (Å²) in [5.41, 5.74) is 3.33. The Kier molecular flexibility index (Phi) is 4.79. The predicted octanol–water partition coefficient (Wildman–Crippen LogP) is 5.17. The van der Waals surface area contributed by atoms with Crippen LogP contribution in [0.15, 0.2) is 77.6 Å². The van der Waals surface area contributed by atoms with Gasteiger partial charge in [0.1, 0.15) is 0 Å². The molecule has 1 atom stereocenters. The number of nitrogens with zero attached hydrogens (tertiary/aromatic N) is 1. The fourth-order valence-electron chi connectivity index (χ4n) is 4.76. The number of rotatable bonds is 5. The Hall–Kier alpha value is -3.57. The van der Waals surface area contributed by atoms with Gasteiger partial charge in [-0.3, -0.25) is 4.79 Å². The first-order valence-electron chi connectivity index (χ1n) is 10.7. The van der Waals surface area contributed by atoms with E-state index in [2.05, 4.69) is 4.57 Å². The van der Waals surface area contributed by atoms with Crippen LogP contribution in [0.4, 0.5) is 0 Å². The third kappa shape index (κ3) is 2.78. The van der Waals surface area contributed by atoms with Crippen molar-refractivity contribution in [2.24, 2.45) is 0 Å². The maximum Gasteiger partial charge on any atom is 0.198 e. The predicted molar refractivity (Wildman–Crippen MR) is 126 cm³/mol. The van der Waals surface area contributed by atoms with Crippen molar-refractivity contribution in [2.75, 3.05) is 14.2 Å². The standard InChI is InChI=1S/C27H25NO4/c1-17(2)32-26-14-20-21(15-25(26)30-3)27(31-4,18-10-6-5-7-11-18)28-22-13-9-8-12-19(22)24(29)16-23(20)28/h5-17H,1-4H3. The summed E-state index contributed by atoms with van der Waals surface area (Å²) in [5, 5.41) is 0.645. The first kappa shape index (κ1) is 20.3. The zero-order valence-corrected chi connectivity index (χ0v) is 18.6. The molecule has 0 amide bonds. The van der Waals surface area contributed by atoms with Crippen LogP contribution in [0.1, 0.15) is 25.0 Å². The smallest absolute Gasteiger partial charge is 0.198 e. The number of ether oxygens (including phenoxy) is 3. The third-order valence-corrected chi connectivity index (χ3v) is 6.00. The van der Waals surface area contributed by atoms with Crippen molar-refractivity contribution >= 4 is 10.9 Å². The number of methoxy groups -OCH3 is 2. The van der Waals surface area contributed by atoms with Crippen LogP contribution in [-0.4, -0.2) is 24.9 Å². The van der Waals surface area contributed by atoms with E-state index < -0.39 is 5.72 Å². The quantitative estimate of drug-likeness (QED) is 0.441. The summed E-state index contributed by atoms with van der Waals surface area (Å²) in [7, 11) is 3.33. The van der Waals surface area contributed by atoms with Gasteiger partial charge in [0.25, 0.3) is 0 Å². The molecule has 0 N–H and O–H groups in total. The summed E-state index contributed by atoms with van der Waals surface area (Å²) in [4.78, 5) is 13.1. The molecule has 0 saturated carbocycles. The van der Waals surface area contributed by atoms with Crippen LogP contribution in [0, 0.1) is 0 Å². The summed E-state index contributed by atoms with van der Waals surface area (Å²) < 4.78 is 20.2. The molecule has 4 aromatic rings. The van der Waals surface area contributed by atoms with E-state index in [1.165, 1.54) is 0 Å². The maximum absolute atomic E-state index is 13.1. The minimum Gasteiger partial charge on any atom is -0.493 e. The molecular weight excluding hydrogens is 402 g/mol. The Balaban J connectivity index is 1.96. The van der Waals surface area contributed by atoms with Crippen LogP contribution in [0.2, 0.25) is 0 Å². The molecular formula is C27H25NO4. The van der Waals surface area contributed by atoms with Gasteiger partial charge in [-0.15, -0.1) is 0 Å². The number of hydrogen-bond donors (Lipinski definition) is 0. The topological polar surface area (TPSA) is 49.7 Å². The lowest BCUT2D eigenvalue weighted by molar-refractivity contribution is 0.00551. The molecule has 162 valence electrons. The molecule has 5 nitrogen and oxygen atoms in total. The van der Waals surface area contributed by atoms with Crippen LogP contribution in [0.5, 0.6) is 11.5 Å². The van der Waals surface area contributed by atoms with E-state index >= 15 is 0 Å². The lowest BCUT2D eigenvalue weighted by atomic mass is 9.92. The van der Waals surface area contributed by atoms with Crippen molar-refractivity contribution < 1.29 is 14.2 Å². The number of fused-ring (bicyclic) bond motifs is 5. The van der Waals surface area contributed by atoms with Gasteiger partial charge in [0.15, 0.2) is 22.7 Å². The first-order chi connectivity index (χ1) is 15.5. The first-order valence-corrected chi connectivity index (χ1v) is 10.7. The van der Waals surface area contributed by atoms with E-state index in [1.54, 1.807) is 20.3 Å². The van der Waals surface area contributed by atoms with Crippen LogP contribution < -0.4 is 14.9 Å².